The van der Waals surface area contributed by atoms with Crippen molar-refractivity contribution in [2.24, 2.45) is 0 Å². The summed E-state index contributed by atoms with van der Waals surface area (Å²) in [6.45, 7) is 2.78. The van der Waals surface area contributed by atoms with E-state index in [1.54, 1.807) is 31.2 Å². The normalized spacial score (nSPS) is 34.2. The third kappa shape index (κ3) is 8.48. The molecule has 61 heavy (non-hydrogen) atoms. The molecule has 12 N–H and O–H groups in total. The van der Waals surface area contributed by atoms with E-state index >= 15 is 0 Å². The van der Waals surface area contributed by atoms with E-state index in [1.807, 2.05) is 12.1 Å². The number of hydrogen-bond acceptors (Lipinski definition) is 17. The Kier molecular flexibility index (Phi) is 13.3. The van der Waals surface area contributed by atoms with Gasteiger partial charge in [0.2, 0.25) is 0 Å². The first-order valence-electron chi connectivity index (χ1n) is 20.6. The third-order valence-electron chi connectivity index (χ3n) is 12.8. The van der Waals surface area contributed by atoms with E-state index in [2.05, 4.69) is 20.1 Å². The molecule has 0 saturated carbocycles. The van der Waals surface area contributed by atoms with Crippen molar-refractivity contribution >= 4 is 22.0 Å². The molecule has 4 aliphatic rings. The van der Waals surface area contributed by atoms with Gasteiger partial charge in [-0.05, 0) is 18.6 Å². The van der Waals surface area contributed by atoms with Crippen molar-refractivity contribution in [1.29, 1.82) is 0 Å². The number of benzene rings is 3. The molecule has 7 rings (SSSR count). The van der Waals surface area contributed by atoms with Crippen molar-refractivity contribution in [2.45, 2.75) is 140 Å². The van der Waals surface area contributed by atoms with Crippen LogP contribution in [0.25, 0.3) is 0 Å². The van der Waals surface area contributed by atoms with Crippen LogP contribution >= 0.6 is 0 Å². The molecule has 0 bridgehead atoms. The summed E-state index contributed by atoms with van der Waals surface area (Å²) in [7, 11) is 1.41. The summed E-state index contributed by atoms with van der Waals surface area (Å²) in [5, 5.41) is 125. The first kappa shape index (κ1) is 46.1. The van der Waals surface area contributed by atoms with Gasteiger partial charge in [0.15, 0.2) is 0 Å². The number of aromatic hydroxyl groups is 2. The van der Waals surface area contributed by atoms with Crippen molar-refractivity contribution in [2.75, 3.05) is 13.7 Å². The van der Waals surface area contributed by atoms with Crippen molar-refractivity contribution in [3.8, 4) is 23.0 Å². The van der Waals surface area contributed by atoms with Crippen molar-refractivity contribution < 1.29 is 79.9 Å². The van der Waals surface area contributed by atoms with Crippen molar-refractivity contribution in [3.63, 3.8) is 0 Å². The number of rotatable bonds is 11. The Morgan fingerprint density at radius 1 is 0.869 bits per heavy atom. The predicted molar refractivity (Wildman–Crippen MR) is 219 cm³/mol. The van der Waals surface area contributed by atoms with Crippen LogP contribution in [0.3, 0.4) is 0 Å². The van der Waals surface area contributed by atoms with Gasteiger partial charge in [0.1, 0.15) is 23.7 Å². The Balaban J connectivity index is 1.14. The van der Waals surface area contributed by atoms with Gasteiger partial charge >= 0.3 is 233 Å². The number of nitrogens with one attached hydrogen (secondary N) is 1. The SMILES string of the molecule is COc1cccc2c1C(O)c1c(O)c3c(c(O)c1C2O)C[C@@](O)(C(C)O)C[C@@H]3OC1C[C@H](NCc2ccc(OC3O[C@@H](CO)[C@@H](O)[C@H](O)[C@H]3O)[c]([Sn]([CH3])([CH3])[CH3])c2)[C@H](O)[C@H](C)O1. The molecule has 2 heterocycles. The fraction of sp³-hybridized carbons (Fsp3) is 0.581. The average molecular weight is 965 g/mol. The number of ether oxygens (including phenoxy) is 5. The second-order valence-corrected chi connectivity index (χ2v) is 32.2. The summed E-state index contributed by atoms with van der Waals surface area (Å²) in [4.78, 5) is 6.50. The number of hydrogen-bond donors (Lipinski definition) is 12. The molecule has 0 spiro atoms. The molecule has 0 aromatic heterocycles. The molecular weight excluding hydrogens is 905 g/mol. The maximum absolute atomic E-state index is 12.0. The maximum atomic E-state index is 12.0. The van der Waals surface area contributed by atoms with Crippen molar-refractivity contribution in [1.82, 2.24) is 5.32 Å². The topological polar surface area (TPSA) is 281 Å². The van der Waals surface area contributed by atoms with Crippen LogP contribution in [0.5, 0.6) is 23.0 Å². The second-order valence-electron chi connectivity index (χ2n) is 17.9. The Bertz CT molecular complexity index is 2080. The van der Waals surface area contributed by atoms with Gasteiger partial charge in [-0.1, -0.05) is 12.1 Å². The van der Waals surface area contributed by atoms with E-state index in [0.29, 0.717) is 5.75 Å². The van der Waals surface area contributed by atoms with Gasteiger partial charge < -0.3 is 35.4 Å². The fourth-order valence-electron chi connectivity index (χ4n) is 9.16. The first-order valence-corrected chi connectivity index (χ1v) is 30.6. The van der Waals surface area contributed by atoms with Crippen molar-refractivity contribution in [3.05, 3.63) is 75.3 Å². The first-order chi connectivity index (χ1) is 28.7. The van der Waals surface area contributed by atoms with Crippen LogP contribution in [0.2, 0.25) is 14.8 Å². The molecule has 5 unspecified atom stereocenters. The van der Waals surface area contributed by atoms with Gasteiger partial charge in [-0.25, -0.2) is 0 Å². The minimum absolute atomic E-state index is 0.0334. The molecule has 2 fully saturated rings. The molecule has 3 aromatic rings. The number of methoxy groups -OCH3 is 1. The van der Waals surface area contributed by atoms with Crippen LogP contribution in [-0.4, -0.2) is 155 Å². The molecule has 3 aromatic carbocycles. The predicted octanol–water partition coefficient (Wildman–Crippen LogP) is 0.0771. The molecule has 0 amide bonds. The zero-order valence-electron chi connectivity index (χ0n) is 35.0. The summed E-state index contributed by atoms with van der Waals surface area (Å²) >= 11 is -3.00. The van der Waals surface area contributed by atoms with E-state index < -0.39 is 122 Å². The molecule has 14 atom stereocenters. The Hall–Kier alpha value is -2.86. The Morgan fingerprint density at radius 2 is 1.57 bits per heavy atom. The Morgan fingerprint density at radius 3 is 2.23 bits per heavy atom. The molecule has 0 radical (unpaired) electrons. The van der Waals surface area contributed by atoms with Gasteiger partial charge in [0.25, 0.3) is 0 Å². The molecular formula is C43H59NO16Sn. The zero-order valence-corrected chi connectivity index (χ0v) is 37.8. The van der Waals surface area contributed by atoms with E-state index in [1.165, 1.54) is 14.0 Å². The molecule has 17 nitrogen and oxygen atoms in total. The number of fused-ring (bicyclic) bond motifs is 3. The summed E-state index contributed by atoms with van der Waals surface area (Å²) in [5.41, 5.74) is -0.708. The monoisotopic (exact) mass is 965 g/mol. The van der Waals surface area contributed by atoms with Crippen LogP contribution in [0.1, 0.15) is 83.9 Å². The summed E-state index contributed by atoms with van der Waals surface area (Å²) < 4.78 is 30.7. The van der Waals surface area contributed by atoms with Crippen LogP contribution in [0.4, 0.5) is 0 Å². The number of aliphatic hydroxyl groups is 9. The van der Waals surface area contributed by atoms with Gasteiger partial charge in [0.05, 0.1) is 13.2 Å². The van der Waals surface area contributed by atoms with Crippen LogP contribution in [0.15, 0.2) is 36.4 Å². The molecule has 2 aliphatic carbocycles. The van der Waals surface area contributed by atoms with E-state index in [-0.39, 0.29) is 64.9 Å². The standard InChI is InChI=1S/C40H50NO16.3CH3.Sn/c1-16-31(44)22(41-14-18-7-9-19(10-8-18)55-39-38(51)37(50)34(47)25(15-42)57-39)11-26(54-16)56-24-13-40(52,17(2)43)12-21-28(24)36(49)30-29(33(21)46)32(45)20-5-4-6-23(53-3)27(20)35(30)48;;;;/h4-9,16-17,22,24-26,31-32,34-35,37-39,41-52H,11-15H2,1-3H3;3*1H3;/t16-,17?,22-,24-,25-,26?,31+,32?,34+,35?,37-,38+,39?,40-;;;;/m0..../s1. The molecule has 336 valence electrons. The average Bonchev–Trinajstić information content (AvgIpc) is 3.21. The zero-order chi connectivity index (χ0) is 44.5. The summed E-state index contributed by atoms with van der Waals surface area (Å²) in [6.07, 6.45) is -15.9. The molecule has 2 aliphatic heterocycles. The number of aliphatic hydroxyl groups excluding tert-OH is 8. The minimum atomic E-state index is -3.00. The number of phenols is 2. The summed E-state index contributed by atoms with van der Waals surface area (Å²) in [5.74, 6) is -0.220. The van der Waals surface area contributed by atoms with Gasteiger partial charge in [-0.15, -0.1) is 0 Å². The van der Waals surface area contributed by atoms with Gasteiger partial charge in [-0.2, -0.15) is 0 Å². The second kappa shape index (κ2) is 17.6. The van der Waals surface area contributed by atoms with Crippen LogP contribution < -0.4 is 18.4 Å². The van der Waals surface area contributed by atoms with Crippen LogP contribution in [-0.2, 0) is 27.2 Å². The van der Waals surface area contributed by atoms with E-state index in [0.717, 1.165) is 9.14 Å². The van der Waals surface area contributed by atoms with E-state index in [9.17, 15) is 56.2 Å². The third-order valence-corrected chi connectivity index (χ3v) is 18.5. The molecule has 18 heteroatoms. The number of phenolic OH excluding ortho intramolecular Hbond substituents is 2. The van der Waals surface area contributed by atoms with Crippen LogP contribution in [0, 0.1) is 0 Å². The Labute approximate surface area is 357 Å². The summed E-state index contributed by atoms with van der Waals surface area (Å²) in [6, 6.07) is 9.74. The molecule has 2 saturated heterocycles. The van der Waals surface area contributed by atoms with Gasteiger partial charge in [-0.3, -0.25) is 0 Å². The van der Waals surface area contributed by atoms with Gasteiger partial charge in [0, 0.05) is 23.1 Å². The van der Waals surface area contributed by atoms with E-state index in [4.69, 9.17) is 23.7 Å². The quantitative estimate of drug-likeness (QED) is 0.0896. The fourth-order valence-corrected chi connectivity index (χ4v) is 13.4.